The van der Waals surface area contributed by atoms with Crippen LogP contribution in [0.3, 0.4) is 0 Å². The molecule has 0 atom stereocenters. The average molecular weight is 263 g/mol. The normalized spacial score (nSPS) is 11.3. The molecule has 0 aliphatic carbocycles. The molecule has 0 aliphatic rings. The van der Waals surface area contributed by atoms with E-state index in [1.165, 1.54) is 10.9 Å². The topological polar surface area (TPSA) is 54.6 Å². The van der Waals surface area contributed by atoms with E-state index in [2.05, 4.69) is 11.4 Å². The number of fused-ring (bicyclic) bond motifs is 1. The molecule has 2 aromatic rings. The third-order valence-corrected chi connectivity index (χ3v) is 3.08. The van der Waals surface area contributed by atoms with Crippen LogP contribution in [0.15, 0.2) is 28.7 Å². The molecule has 0 radical (unpaired) electrons. The quantitative estimate of drug-likeness (QED) is 0.717. The average Bonchev–Trinajstić information content (AvgIpc) is 2.74. The van der Waals surface area contributed by atoms with Gasteiger partial charge in [0.25, 0.3) is 0 Å². The van der Waals surface area contributed by atoms with E-state index >= 15 is 0 Å². The maximum Gasteiger partial charge on any atom is 0.134 e. The van der Waals surface area contributed by atoms with Gasteiger partial charge in [-0.15, -0.1) is 0 Å². The Labute approximate surface area is 113 Å². The molecule has 1 aromatic heterocycles. The van der Waals surface area contributed by atoms with Crippen LogP contribution in [0.2, 0.25) is 0 Å². The second-order valence-electron chi connectivity index (χ2n) is 4.50. The zero-order valence-electron chi connectivity index (χ0n) is 11.3. The van der Waals surface area contributed by atoms with Crippen molar-refractivity contribution in [2.45, 2.75) is 19.9 Å². The van der Waals surface area contributed by atoms with Crippen LogP contribution in [0.25, 0.3) is 11.0 Å². The van der Waals surface area contributed by atoms with Crippen molar-refractivity contribution in [1.29, 1.82) is 0 Å². The summed E-state index contributed by atoms with van der Waals surface area (Å²) in [7, 11) is 0. The number of benzene rings is 1. The maximum atomic E-state index is 8.57. The number of furan rings is 1. The second kappa shape index (κ2) is 7.28. The van der Waals surface area contributed by atoms with Gasteiger partial charge < -0.3 is 19.6 Å². The molecule has 104 valence electrons. The molecule has 0 amide bonds. The van der Waals surface area contributed by atoms with Gasteiger partial charge in [-0.1, -0.05) is 18.2 Å². The molecule has 0 unspecified atom stereocenters. The molecule has 2 rings (SSSR count). The molecular formula is C15H21NO3. The van der Waals surface area contributed by atoms with Crippen LogP contribution < -0.4 is 5.32 Å². The molecule has 0 aliphatic heterocycles. The molecule has 2 N–H and O–H groups in total. The van der Waals surface area contributed by atoms with E-state index in [-0.39, 0.29) is 6.61 Å². The summed E-state index contributed by atoms with van der Waals surface area (Å²) in [6.45, 7) is 4.90. The number of aliphatic hydroxyl groups excluding tert-OH is 1. The molecule has 1 heterocycles. The lowest BCUT2D eigenvalue weighted by atomic mass is 10.1. The monoisotopic (exact) mass is 263 g/mol. The highest BCUT2D eigenvalue weighted by molar-refractivity contribution is 5.82. The summed E-state index contributed by atoms with van der Waals surface area (Å²) in [5, 5.41) is 13.2. The van der Waals surface area contributed by atoms with Gasteiger partial charge in [0.15, 0.2) is 0 Å². The highest BCUT2D eigenvalue weighted by atomic mass is 16.5. The lowest BCUT2D eigenvalue weighted by Crippen LogP contribution is -2.17. The van der Waals surface area contributed by atoms with E-state index in [9.17, 15) is 0 Å². The van der Waals surface area contributed by atoms with E-state index in [4.69, 9.17) is 14.3 Å². The van der Waals surface area contributed by atoms with E-state index in [1.807, 2.05) is 25.1 Å². The lowest BCUT2D eigenvalue weighted by molar-refractivity contribution is 0.0907. The second-order valence-corrected chi connectivity index (χ2v) is 4.50. The molecule has 0 spiro atoms. The van der Waals surface area contributed by atoms with Crippen LogP contribution >= 0.6 is 0 Å². The Hall–Kier alpha value is -1.36. The van der Waals surface area contributed by atoms with E-state index in [0.29, 0.717) is 13.2 Å². The van der Waals surface area contributed by atoms with Crippen LogP contribution in [-0.4, -0.2) is 31.5 Å². The molecule has 0 saturated heterocycles. The zero-order valence-corrected chi connectivity index (χ0v) is 11.3. The fourth-order valence-corrected chi connectivity index (χ4v) is 2.12. The fourth-order valence-electron chi connectivity index (χ4n) is 2.12. The fraction of sp³-hybridized carbons (Fsp3) is 0.467. The predicted molar refractivity (Wildman–Crippen MR) is 75.2 cm³/mol. The summed E-state index contributed by atoms with van der Waals surface area (Å²) < 4.78 is 10.9. The third-order valence-electron chi connectivity index (χ3n) is 3.08. The highest BCUT2D eigenvalue weighted by Gasteiger charge is 2.09. The van der Waals surface area contributed by atoms with Crippen LogP contribution in [0, 0.1) is 6.92 Å². The Bertz CT molecular complexity index is 507. The van der Waals surface area contributed by atoms with Crippen molar-refractivity contribution in [2.75, 3.05) is 26.4 Å². The minimum absolute atomic E-state index is 0.0909. The lowest BCUT2D eigenvalue weighted by Gasteiger charge is -2.05. The van der Waals surface area contributed by atoms with Gasteiger partial charge >= 0.3 is 0 Å². The molecule has 4 nitrogen and oxygen atoms in total. The summed E-state index contributed by atoms with van der Waals surface area (Å²) in [4.78, 5) is 0. The Morgan fingerprint density at radius 2 is 2.11 bits per heavy atom. The summed E-state index contributed by atoms with van der Waals surface area (Å²) in [6, 6.07) is 8.10. The van der Waals surface area contributed by atoms with Gasteiger partial charge in [0.2, 0.25) is 0 Å². The van der Waals surface area contributed by atoms with Gasteiger partial charge in [-0.05, 0) is 26.0 Å². The molecule has 19 heavy (non-hydrogen) atoms. The van der Waals surface area contributed by atoms with E-state index in [0.717, 1.165) is 30.9 Å². The summed E-state index contributed by atoms with van der Waals surface area (Å²) in [5.41, 5.74) is 2.18. The Kier molecular flexibility index (Phi) is 5.39. The highest BCUT2D eigenvalue weighted by Crippen LogP contribution is 2.24. The third kappa shape index (κ3) is 3.80. The zero-order chi connectivity index (χ0) is 13.5. The SMILES string of the molecule is Cc1oc2ccccc2c1CNCCCOCCO. The summed E-state index contributed by atoms with van der Waals surface area (Å²) in [6.07, 6.45) is 0.939. The Morgan fingerprint density at radius 1 is 1.26 bits per heavy atom. The summed E-state index contributed by atoms with van der Waals surface area (Å²) in [5.74, 6) is 0.977. The first-order valence-corrected chi connectivity index (χ1v) is 6.69. The number of hydrogen-bond acceptors (Lipinski definition) is 4. The first-order valence-electron chi connectivity index (χ1n) is 6.69. The van der Waals surface area contributed by atoms with Gasteiger partial charge in [0.05, 0.1) is 13.2 Å². The van der Waals surface area contributed by atoms with Crippen LogP contribution in [-0.2, 0) is 11.3 Å². The van der Waals surface area contributed by atoms with Gasteiger partial charge in [-0.25, -0.2) is 0 Å². The van der Waals surface area contributed by atoms with Crippen molar-refractivity contribution in [1.82, 2.24) is 5.32 Å². The number of para-hydroxylation sites is 1. The van der Waals surface area contributed by atoms with Crippen molar-refractivity contribution in [3.8, 4) is 0 Å². The van der Waals surface area contributed by atoms with E-state index < -0.39 is 0 Å². The number of aryl methyl sites for hydroxylation is 1. The predicted octanol–water partition coefficient (Wildman–Crippen LogP) is 2.23. The van der Waals surface area contributed by atoms with Gasteiger partial charge in [0.1, 0.15) is 11.3 Å². The van der Waals surface area contributed by atoms with Crippen molar-refractivity contribution < 1.29 is 14.3 Å². The first-order chi connectivity index (χ1) is 9.33. The first kappa shape index (κ1) is 14.1. The van der Waals surface area contributed by atoms with Crippen LogP contribution in [0.4, 0.5) is 0 Å². The number of hydrogen-bond donors (Lipinski definition) is 2. The number of aliphatic hydroxyl groups is 1. The minimum Gasteiger partial charge on any atom is -0.461 e. The maximum absolute atomic E-state index is 8.57. The minimum atomic E-state index is 0.0909. The van der Waals surface area contributed by atoms with E-state index in [1.54, 1.807) is 0 Å². The molecule has 0 bridgehead atoms. The van der Waals surface area contributed by atoms with Crippen molar-refractivity contribution in [2.24, 2.45) is 0 Å². The number of nitrogens with one attached hydrogen (secondary N) is 1. The van der Waals surface area contributed by atoms with Crippen LogP contribution in [0.5, 0.6) is 0 Å². The molecular weight excluding hydrogens is 242 g/mol. The smallest absolute Gasteiger partial charge is 0.134 e. The van der Waals surface area contributed by atoms with Crippen LogP contribution in [0.1, 0.15) is 17.7 Å². The molecule has 0 fully saturated rings. The van der Waals surface area contributed by atoms with Crippen molar-refractivity contribution in [3.05, 3.63) is 35.6 Å². The van der Waals surface area contributed by atoms with Crippen molar-refractivity contribution in [3.63, 3.8) is 0 Å². The van der Waals surface area contributed by atoms with Crippen molar-refractivity contribution >= 4 is 11.0 Å². The van der Waals surface area contributed by atoms with Gasteiger partial charge in [-0.2, -0.15) is 0 Å². The van der Waals surface area contributed by atoms with Gasteiger partial charge in [-0.3, -0.25) is 0 Å². The molecule has 1 aromatic carbocycles. The number of rotatable bonds is 8. The molecule has 0 saturated carbocycles. The number of ether oxygens (including phenoxy) is 1. The largest absolute Gasteiger partial charge is 0.461 e. The van der Waals surface area contributed by atoms with Gasteiger partial charge in [0, 0.05) is 24.1 Å². The Balaban J connectivity index is 1.80. The standard InChI is InChI=1S/C15H21NO3/c1-12-14(11-16-7-4-9-18-10-8-17)13-5-2-3-6-15(13)19-12/h2-3,5-6,16-17H,4,7-11H2,1H3. The Morgan fingerprint density at radius 3 is 2.95 bits per heavy atom. The molecule has 4 heteroatoms. The summed E-state index contributed by atoms with van der Waals surface area (Å²) >= 11 is 0.